The highest BCUT2D eigenvalue weighted by atomic mass is 79.9. The summed E-state index contributed by atoms with van der Waals surface area (Å²) < 4.78 is 27.8. The predicted molar refractivity (Wildman–Crippen MR) is 86.3 cm³/mol. The molecule has 120 valence electrons. The molecule has 1 aromatic carbocycles. The van der Waals surface area contributed by atoms with Gasteiger partial charge in [-0.1, -0.05) is 35.8 Å². The summed E-state index contributed by atoms with van der Waals surface area (Å²) in [5, 5.41) is 10.9. The largest absolute Gasteiger partial charge is 0.342 e. The van der Waals surface area contributed by atoms with Crippen LogP contribution in [0.2, 0.25) is 0 Å². The number of halogens is 1. The third-order valence-corrected chi connectivity index (χ3v) is 4.73. The summed E-state index contributed by atoms with van der Waals surface area (Å²) in [4.78, 5) is 12.1. The molecule has 0 saturated carbocycles. The number of carbonyl (C=O) groups is 1. The van der Waals surface area contributed by atoms with E-state index in [1.54, 1.807) is 18.2 Å². The number of hydrogen-bond donors (Lipinski definition) is 2. The van der Waals surface area contributed by atoms with Crippen molar-refractivity contribution < 1.29 is 13.2 Å². The number of nitrogens with zero attached hydrogens (tertiary/aromatic N) is 1. The molecule has 0 heterocycles. The first-order valence-corrected chi connectivity index (χ1v) is 8.96. The Kier molecular flexibility index (Phi) is 7.00. The highest BCUT2D eigenvalue weighted by Crippen LogP contribution is 2.17. The Morgan fingerprint density at radius 1 is 1.41 bits per heavy atom. The van der Waals surface area contributed by atoms with Crippen molar-refractivity contribution in [1.29, 1.82) is 5.26 Å². The Morgan fingerprint density at radius 2 is 2.09 bits per heavy atom. The fourth-order valence-electron chi connectivity index (χ4n) is 1.82. The van der Waals surface area contributed by atoms with E-state index >= 15 is 0 Å². The van der Waals surface area contributed by atoms with E-state index in [1.165, 1.54) is 12.1 Å². The van der Waals surface area contributed by atoms with Gasteiger partial charge in [0.25, 0.3) is 0 Å². The fraction of sp³-hybridized carbons (Fsp3) is 0.429. The molecule has 0 aliphatic heterocycles. The number of amides is 1. The molecule has 0 bridgehead atoms. The molecule has 0 fully saturated rings. The first-order chi connectivity index (χ1) is 10.3. The summed E-state index contributed by atoms with van der Waals surface area (Å²) in [6, 6.07) is 7.10. The second-order valence-electron chi connectivity index (χ2n) is 5.14. The van der Waals surface area contributed by atoms with Crippen LogP contribution in [0.5, 0.6) is 0 Å². The molecule has 1 amide bonds. The van der Waals surface area contributed by atoms with Crippen molar-refractivity contribution >= 4 is 31.9 Å². The summed E-state index contributed by atoms with van der Waals surface area (Å²) in [5.41, 5.74) is 0. The fourth-order valence-corrected chi connectivity index (χ4v) is 3.62. The van der Waals surface area contributed by atoms with Crippen LogP contribution < -0.4 is 10.0 Å². The molecule has 1 aromatic rings. The van der Waals surface area contributed by atoms with Crippen LogP contribution in [-0.4, -0.2) is 26.9 Å². The Bertz CT molecular complexity index is 668. The van der Waals surface area contributed by atoms with Gasteiger partial charge in [0, 0.05) is 4.47 Å². The van der Waals surface area contributed by atoms with Gasteiger partial charge in [-0.05, 0) is 30.5 Å². The molecule has 0 spiro atoms. The van der Waals surface area contributed by atoms with Gasteiger partial charge in [0.2, 0.25) is 15.9 Å². The maximum atomic E-state index is 12.4. The third kappa shape index (κ3) is 5.75. The van der Waals surface area contributed by atoms with Gasteiger partial charge in [0.05, 0.1) is 11.0 Å². The Morgan fingerprint density at radius 3 is 2.64 bits per heavy atom. The summed E-state index contributed by atoms with van der Waals surface area (Å²) in [6.07, 6.45) is 0.338. The molecule has 1 atom stereocenters. The van der Waals surface area contributed by atoms with Crippen LogP contribution in [0.3, 0.4) is 0 Å². The van der Waals surface area contributed by atoms with Crippen molar-refractivity contribution in [3.8, 4) is 6.07 Å². The van der Waals surface area contributed by atoms with Gasteiger partial charge in [-0.15, -0.1) is 0 Å². The number of sulfonamides is 1. The zero-order chi connectivity index (χ0) is 16.8. The second-order valence-corrected chi connectivity index (χ2v) is 7.77. The van der Waals surface area contributed by atoms with Crippen molar-refractivity contribution in [3.63, 3.8) is 0 Å². The number of rotatable bonds is 7. The lowest BCUT2D eigenvalue weighted by atomic mass is 10.0. The lowest BCUT2D eigenvalue weighted by Gasteiger charge is -2.19. The minimum absolute atomic E-state index is 0.0729. The smallest absolute Gasteiger partial charge is 0.241 e. The van der Waals surface area contributed by atoms with Crippen molar-refractivity contribution in [2.75, 3.05) is 6.54 Å². The molecule has 0 radical (unpaired) electrons. The standard InChI is InChI=1S/C14H18BrN3O3S/c1-10(2)8-13(14(19)17-7-6-16)18-22(20,21)12-5-3-4-11(15)9-12/h3-5,9-10,13,18H,7-8H2,1-2H3,(H,17,19)/t13-/m0/s1. The lowest BCUT2D eigenvalue weighted by molar-refractivity contribution is -0.122. The Hall–Kier alpha value is -1.43. The van der Waals surface area contributed by atoms with Crippen LogP contribution in [0.1, 0.15) is 20.3 Å². The monoisotopic (exact) mass is 387 g/mol. The van der Waals surface area contributed by atoms with Gasteiger partial charge in [0.1, 0.15) is 12.6 Å². The highest BCUT2D eigenvalue weighted by molar-refractivity contribution is 9.10. The maximum absolute atomic E-state index is 12.4. The Labute approximate surface area is 139 Å². The van der Waals surface area contributed by atoms with E-state index < -0.39 is 22.0 Å². The molecule has 1 rings (SSSR count). The molecular formula is C14H18BrN3O3S. The zero-order valence-corrected chi connectivity index (χ0v) is 14.7. The number of carbonyl (C=O) groups excluding carboxylic acids is 1. The molecule has 0 aromatic heterocycles. The lowest BCUT2D eigenvalue weighted by Crippen LogP contribution is -2.47. The number of benzene rings is 1. The summed E-state index contributed by atoms with van der Waals surface area (Å²) >= 11 is 3.22. The van der Waals surface area contributed by atoms with Crippen molar-refractivity contribution in [1.82, 2.24) is 10.0 Å². The Balaban J connectivity index is 2.97. The van der Waals surface area contributed by atoms with Crippen LogP contribution in [0.15, 0.2) is 33.6 Å². The van der Waals surface area contributed by atoms with Gasteiger partial charge >= 0.3 is 0 Å². The van der Waals surface area contributed by atoms with E-state index in [-0.39, 0.29) is 17.4 Å². The normalized spacial score (nSPS) is 12.7. The number of hydrogen-bond acceptors (Lipinski definition) is 4. The highest BCUT2D eigenvalue weighted by Gasteiger charge is 2.26. The first-order valence-electron chi connectivity index (χ1n) is 6.69. The SMILES string of the molecule is CC(C)C[C@H](NS(=O)(=O)c1cccc(Br)c1)C(=O)NCC#N. The quantitative estimate of drug-likeness (QED) is 0.696. The van der Waals surface area contributed by atoms with Crippen LogP contribution in [0, 0.1) is 17.2 Å². The molecule has 8 heteroatoms. The van der Waals surface area contributed by atoms with Gasteiger partial charge < -0.3 is 5.32 Å². The van der Waals surface area contributed by atoms with Crippen LogP contribution in [-0.2, 0) is 14.8 Å². The van der Waals surface area contributed by atoms with Crippen molar-refractivity contribution in [2.24, 2.45) is 5.92 Å². The van der Waals surface area contributed by atoms with E-state index in [0.717, 1.165) is 0 Å². The van der Waals surface area contributed by atoms with Gasteiger partial charge in [0.15, 0.2) is 0 Å². The number of nitriles is 1. The van der Waals surface area contributed by atoms with E-state index in [1.807, 2.05) is 13.8 Å². The van der Waals surface area contributed by atoms with Gasteiger partial charge in [-0.3, -0.25) is 4.79 Å². The van der Waals surface area contributed by atoms with Crippen molar-refractivity contribution in [3.05, 3.63) is 28.7 Å². The maximum Gasteiger partial charge on any atom is 0.241 e. The molecule has 0 saturated heterocycles. The minimum Gasteiger partial charge on any atom is -0.342 e. The molecule has 22 heavy (non-hydrogen) atoms. The van der Waals surface area contributed by atoms with E-state index in [9.17, 15) is 13.2 Å². The second kappa shape index (κ2) is 8.27. The van der Waals surface area contributed by atoms with Crippen LogP contribution in [0.4, 0.5) is 0 Å². The summed E-state index contributed by atoms with van der Waals surface area (Å²) in [5.74, 6) is -0.392. The summed E-state index contributed by atoms with van der Waals surface area (Å²) in [7, 11) is -3.82. The van der Waals surface area contributed by atoms with Crippen LogP contribution >= 0.6 is 15.9 Å². The molecule has 0 aliphatic carbocycles. The first kappa shape index (κ1) is 18.6. The van der Waals surface area contributed by atoms with E-state index in [4.69, 9.17) is 5.26 Å². The minimum atomic E-state index is -3.82. The predicted octanol–water partition coefficient (Wildman–Crippen LogP) is 1.78. The van der Waals surface area contributed by atoms with E-state index in [0.29, 0.717) is 10.9 Å². The summed E-state index contributed by atoms with van der Waals surface area (Å²) in [6.45, 7) is 3.61. The molecule has 2 N–H and O–H groups in total. The molecule has 0 aliphatic rings. The molecule has 6 nitrogen and oxygen atoms in total. The van der Waals surface area contributed by atoms with E-state index in [2.05, 4.69) is 26.0 Å². The van der Waals surface area contributed by atoms with Gasteiger partial charge in [-0.25, -0.2) is 8.42 Å². The average Bonchev–Trinajstić information content (AvgIpc) is 2.43. The van der Waals surface area contributed by atoms with Gasteiger partial charge in [-0.2, -0.15) is 9.98 Å². The third-order valence-electron chi connectivity index (χ3n) is 2.77. The average molecular weight is 388 g/mol. The topological polar surface area (TPSA) is 99.1 Å². The zero-order valence-electron chi connectivity index (χ0n) is 12.3. The van der Waals surface area contributed by atoms with Crippen LogP contribution in [0.25, 0.3) is 0 Å². The number of nitrogens with one attached hydrogen (secondary N) is 2. The molecular weight excluding hydrogens is 370 g/mol. The molecule has 0 unspecified atom stereocenters. The van der Waals surface area contributed by atoms with Crippen molar-refractivity contribution in [2.45, 2.75) is 31.2 Å².